The molecular formula is C40H32ClN3O7. The fraction of sp³-hybridized carbons (Fsp3) is 0.250. The van der Waals surface area contributed by atoms with Gasteiger partial charge in [-0.15, -0.1) is 0 Å². The average Bonchev–Trinajstić information content (AvgIpc) is 3.51. The third kappa shape index (κ3) is 4.62. The topological polar surface area (TPSA) is 138 Å². The lowest BCUT2D eigenvalue weighted by Crippen LogP contribution is -2.53. The third-order valence-electron chi connectivity index (χ3n) is 11.3. The summed E-state index contributed by atoms with van der Waals surface area (Å²) in [6.45, 7) is 3.56. The summed E-state index contributed by atoms with van der Waals surface area (Å²) in [7, 11) is 0. The van der Waals surface area contributed by atoms with Crippen molar-refractivity contribution in [2.45, 2.75) is 38.0 Å². The number of phenolic OH excluding ortho intramolecular Hbond substituents is 1. The zero-order valence-corrected chi connectivity index (χ0v) is 28.4. The molecule has 256 valence electrons. The summed E-state index contributed by atoms with van der Waals surface area (Å²) in [5.74, 6) is -5.61. The lowest BCUT2D eigenvalue weighted by atomic mass is 9.49. The molecule has 4 amide bonds. The molecule has 11 heteroatoms. The predicted octanol–water partition coefficient (Wildman–Crippen LogP) is 6.94. The van der Waals surface area contributed by atoms with Gasteiger partial charge in [-0.25, -0.2) is 9.80 Å². The number of carbonyl (C=O) groups is 4. The highest BCUT2D eigenvalue weighted by Gasteiger charge is 2.70. The fourth-order valence-corrected chi connectivity index (χ4v) is 9.46. The van der Waals surface area contributed by atoms with E-state index in [4.69, 9.17) is 11.6 Å². The van der Waals surface area contributed by atoms with E-state index in [2.05, 4.69) is 0 Å². The number of hydrogen-bond donors (Lipinski definition) is 1. The highest BCUT2D eigenvalue weighted by molar-refractivity contribution is 6.32. The van der Waals surface area contributed by atoms with Gasteiger partial charge in [0.15, 0.2) is 0 Å². The van der Waals surface area contributed by atoms with Crippen LogP contribution in [0, 0.1) is 47.6 Å². The smallest absolute Gasteiger partial charge is 0.271 e. The summed E-state index contributed by atoms with van der Waals surface area (Å²) in [6, 6.07) is 24.9. The number of aromatic hydroxyl groups is 1. The summed E-state index contributed by atoms with van der Waals surface area (Å²) < 4.78 is 0. The van der Waals surface area contributed by atoms with Crippen LogP contribution in [0.4, 0.5) is 17.1 Å². The molecule has 4 aromatic rings. The maximum atomic E-state index is 15.3. The number of non-ortho nitro benzene ring substituents is 1. The molecule has 4 aliphatic rings. The van der Waals surface area contributed by atoms with E-state index in [9.17, 15) is 29.6 Å². The second kappa shape index (κ2) is 11.7. The van der Waals surface area contributed by atoms with Crippen LogP contribution in [-0.4, -0.2) is 33.7 Å². The van der Waals surface area contributed by atoms with Gasteiger partial charge in [0.1, 0.15) is 5.75 Å². The minimum Gasteiger partial charge on any atom is -0.507 e. The van der Waals surface area contributed by atoms with Gasteiger partial charge < -0.3 is 5.11 Å². The summed E-state index contributed by atoms with van der Waals surface area (Å²) in [5.41, 5.74) is 2.05. The predicted molar refractivity (Wildman–Crippen MR) is 189 cm³/mol. The van der Waals surface area contributed by atoms with E-state index in [1.165, 1.54) is 29.2 Å². The molecule has 1 N–H and O–H groups in total. The monoisotopic (exact) mass is 701 g/mol. The van der Waals surface area contributed by atoms with Crippen molar-refractivity contribution in [2.75, 3.05) is 9.80 Å². The number of halogens is 1. The molecule has 0 spiro atoms. The van der Waals surface area contributed by atoms with E-state index >= 15 is 4.79 Å². The van der Waals surface area contributed by atoms with Gasteiger partial charge >= 0.3 is 0 Å². The van der Waals surface area contributed by atoms with Gasteiger partial charge in [-0.1, -0.05) is 77.8 Å². The Bertz CT molecular complexity index is 2210. The van der Waals surface area contributed by atoms with Crippen LogP contribution in [0.15, 0.2) is 103 Å². The number of anilines is 2. The van der Waals surface area contributed by atoms with Crippen molar-refractivity contribution in [3.63, 3.8) is 0 Å². The highest BCUT2D eigenvalue weighted by atomic mass is 35.5. The summed E-state index contributed by atoms with van der Waals surface area (Å²) >= 11 is 6.39. The number of phenols is 1. The van der Waals surface area contributed by atoms with Gasteiger partial charge in [-0.2, -0.15) is 0 Å². The number of aryl methyl sites for hydroxylation is 2. The molecule has 1 saturated carbocycles. The van der Waals surface area contributed by atoms with Crippen molar-refractivity contribution >= 4 is 52.3 Å². The lowest BCUT2D eigenvalue weighted by Gasteiger charge is -2.51. The number of nitro benzene ring substituents is 1. The fourth-order valence-electron chi connectivity index (χ4n) is 9.27. The zero-order valence-electron chi connectivity index (χ0n) is 27.7. The number of hydrogen-bond acceptors (Lipinski definition) is 7. The van der Waals surface area contributed by atoms with E-state index in [0.29, 0.717) is 33.0 Å². The van der Waals surface area contributed by atoms with Crippen LogP contribution in [-0.2, 0) is 24.6 Å². The number of nitro groups is 1. The largest absolute Gasteiger partial charge is 0.507 e. The Balaban J connectivity index is 1.35. The number of allylic oxidation sites excluding steroid dienone is 2. The third-order valence-corrected chi connectivity index (χ3v) is 11.5. The number of rotatable bonds is 5. The summed E-state index contributed by atoms with van der Waals surface area (Å²) in [5, 5.41) is 22.8. The lowest BCUT2D eigenvalue weighted by molar-refractivity contribution is -0.384. The van der Waals surface area contributed by atoms with Gasteiger partial charge in [0.2, 0.25) is 23.6 Å². The Kier molecular flexibility index (Phi) is 7.50. The van der Waals surface area contributed by atoms with Crippen LogP contribution in [0.3, 0.4) is 0 Å². The first-order valence-corrected chi connectivity index (χ1v) is 17.1. The van der Waals surface area contributed by atoms with Crippen molar-refractivity contribution < 1.29 is 29.2 Å². The molecule has 8 rings (SSSR count). The van der Waals surface area contributed by atoms with Gasteiger partial charge in [0.05, 0.1) is 39.5 Å². The van der Waals surface area contributed by atoms with Crippen molar-refractivity contribution in [3.05, 3.63) is 140 Å². The average molecular weight is 702 g/mol. The van der Waals surface area contributed by atoms with Crippen LogP contribution >= 0.6 is 11.6 Å². The van der Waals surface area contributed by atoms with Gasteiger partial charge in [-0.05, 0) is 79.1 Å². The maximum Gasteiger partial charge on any atom is 0.271 e. The minimum atomic E-state index is -1.45. The molecule has 0 bridgehead atoms. The van der Waals surface area contributed by atoms with Crippen molar-refractivity contribution in [1.29, 1.82) is 0 Å². The molecule has 2 aliphatic heterocycles. The Hall–Kier alpha value is -5.61. The molecule has 4 aromatic carbocycles. The van der Waals surface area contributed by atoms with Crippen molar-refractivity contribution in [3.8, 4) is 5.75 Å². The quantitative estimate of drug-likeness (QED) is 0.103. The van der Waals surface area contributed by atoms with E-state index in [0.717, 1.165) is 10.5 Å². The summed E-state index contributed by atoms with van der Waals surface area (Å²) in [6.07, 6.45) is 2.27. The second-order valence-electron chi connectivity index (χ2n) is 13.9. The zero-order chi connectivity index (χ0) is 35.9. The molecule has 0 aromatic heterocycles. The number of imide groups is 2. The molecule has 2 aliphatic carbocycles. The first-order valence-electron chi connectivity index (χ1n) is 16.8. The molecule has 10 nitrogen and oxygen atoms in total. The van der Waals surface area contributed by atoms with Crippen LogP contribution in [0.5, 0.6) is 5.75 Å². The van der Waals surface area contributed by atoms with E-state index in [1.54, 1.807) is 38.1 Å². The first-order chi connectivity index (χ1) is 24.4. The Morgan fingerprint density at radius 2 is 1.47 bits per heavy atom. The molecule has 0 radical (unpaired) electrons. The van der Waals surface area contributed by atoms with E-state index in [-0.39, 0.29) is 30.0 Å². The van der Waals surface area contributed by atoms with Crippen LogP contribution in [0.25, 0.3) is 0 Å². The molecule has 51 heavy (non-hydrogen) atoms. The Labute approximate surface area is 298 Å². The minimum absolute atomic E-state index is 0.109. The molecule has 6 atom stereocenters. The number of carbonyl (C=O) groups excluding carboxylic acids is 4. The van der Waals surface area contributed by atoms with Crippen LogP contribution in [0.1, 0.15) is 41.0 Å². The van der Waals surface area contributed by atoms with Gasteiger partial charge in [0.25, 0.3) is 5.69 Å². The van der Waals surface area contributed by atoms with Gasteiger partial charge in [0, 0.05) is 23.1 Å². The number of amides is 4. The Morgan fingerprint density at radius 3 is 2.14 bits per heavy atom. The van der Waals surface area contributed by atoms with Crippen LogP contribution in [0.2, 0.25) is 5.02 Å². The molecule has 3 fully saturated rings. The normalized spacial score (nSPS) is 26.9. The van der Waals surface area contributed by atoms with Crippen LogP contribution < -0.4 is 9.80 Å². The molecule has 2 heterocycles. The second-order valence-corrected chi connectivity index (χ2v) is 14.3. The highest BCUT2D eigenvalue weighted by Crippen LogP contribution is 2.64. The number of nitrogens with zero attached hydrogens (tertiary/aromatic N) is 3. The SMILES string of the molecule is Cc1cc([C@H]2C3=CC[C@@H]4C(=O)N(c5cccc([N+](=O)[O-])c5)C(=O)[C@@H]4[C@@H]3C[C@H]3C(=O)N(c4cccc(Cl)c4)C(=O)[C@@]23c2ccccc2)cc(C)c1O. The van der Waals surface area contributed by atoms with Crippen molar-refractivity contribution in [2.24, 2.45) is 23.7 Å². The van der Waals surface area contributed by atoms with Gasteiger partial charge in [-0.3, -0.25) is 29.3 Å². The summed E-state index contributed by atoms with van der Waals surface area (Å²) in [4.78, 5) is 72.0. The molecular weight excluding hydrogens is 670 g/mol. The molecule has 2 saturated heterocycles. The van der Waals surface area contributed by atoms with Crippen molar-refractivity contribution in [1.82, 2.24) is 0 Å². The number of benzene rings is 4. The standard InChI is InChI=1S/C40H32ClN3O7/c1-21-16-23(17-22(2)35(21)45)34-29-14-15-30-33(38(48)42(36(30)46)27-12-7-13-28(19-27)44(50)51)31(29)20-32-37(47)43(26-11-6-10-25(41)18-26)39(49)40(32,34)24-8-4-3-5-9-24/h3-14,16-19,30-34,45H,15,20H2,1-2H3/t30-,31+,32-,33-,34-,40+/m0/s1. The first kappa shape index (κ1) is 32.6. The maximum absolute atomic E-state index is 15.3. The number of fused-ring (bicyclic) bond motifs is 4. The van der Waals surface area contributed by atoms with E-state index < -0.39 is 63.6 Å². The van der Waals surface area contributed by atoms with E-state index in [1.807, 2.05) is 48.5 Å². The molecule has 0 unspecified atom stereocenters. The Morgan fingerprint density at radius 1 is 0.804 bits per heavy atom.